The van der Waals surface area contributed by atoms with Crippen molar-refractivity contribution in [1.29, 1.82) is 0 Å². The van der Waals surface area contributed by atoms with Crippen molar-refractivity contribution in [1.82, 2.24) is 0 Å². The number of rotatable bonds is 4. The standard InChI is InChI=1S/C15H28O2S/c1-13(2,16)14-8-4-6-10-15(14,17-12-18-3)11-7-5-9-14/h16H,4-12H2,1-3H3. The second-order valence-electron chi connectivity index (χ2n) is 6.60. The van der Waals surface area contributed by atoms with Crippen LogP contribution in [0.2, 0.25) is 0 Å². The summed E-state index contributed by atoms with van der Waals surface area (Å²) in [6.07, 6.45) is 11.6. The average Bonchev–Trinajstić information content (AvgIpc) is 2.35. The first kappa shape index (κ1) is 14.7. The summed E-state index contributed by atoms with van der Waals surface area (Å²) in [5.74, 6) is 0.762. The quantitative estimate of drug-likeness (QED) is 0.785. The molecule has 2 rings (SSSR count). The number of ether oxygens (including phenoxy) is 1. The molecular formula is C15H28O2S. The van der Waals surface area contributed by atoms with E-state index in [0.717, 1.165) is 31.6 Å². The van der Waals surface area contributed by atoms with E-state index in [4.69, 9.17) is 4.74 Å². The molecule has 2 aliphatic rings. The van der Waals surface area contributed by atoms with Crippen molar-refractivity contribution in [2.24, 2.45) is 5.41 Å². The predicted octanol–water partition coefficient (Wildman–Crippen LogP) is 3.97. The minimum atomic E-state index is -0.633. The summed E-state index contributed by atoms with van der Waals surface area (Å²) in [5.41, 5.74) is -0.719. The first-order valence-corrected chi connectivity index (χ1v) is 8.72. The highest BCUT2D eigenvalue weighted by Crippen LogP contribution is 2.60. The fraction of sp³-hybridized carbons (Fsp3) is 1.00. The van der Waals surface area contributed by atoms with Gasteiger partial charge in [0.2, 0.25) is 0 Å². The highest BCUT2D eigenvalue weighted by molar-refractivity contribution is 7.98. The molecule has 18 heavy (non-hydrogen) atoms. The molecule has 2 saturated carbocycles. The van der Waals surface area contributed by atoms with Gasteiger partial charge in [-0.1, -0.05) is 25.7 Å². The third-order valence-electron chi connectivity index (χ3n) is 5.36. The maximum absolute atomic E-state index is 10.8. The molecule has 0 bridgehead atoms. The molecule has 0 atom stereocenters. The van der Waals surface area contributed by atoms with E-state index >= 15 is 0 Å². The number of aliphatic hydroxyl groups is 1. The molecule has 106 valence electrons. The van der Waals surface area contributed by atoms with E-state index in [2.05, 4.69) is 6.26 Å². The van der Waals surface area contributed by atoms with E-state index in [-0.39, 0.29) is 11.0 Å². The van der Waals surface area contributed by atoms with Crippen molar-refractivity contribution < 1.29 is 9.84 Å². The van der Waals surface area contributed by atoms with Crippen LogP contribution in [0, 0.1) is 5.41 Å². The van der Waals surface area contributed by atoms with Crippen LogP contribution in [-0.2, 0) is 4.74 Å². The van der Waals surface area contributed by atoms with E-state index in [0.29, 0.717) is 0 Å². The van der Waals surface area contributed by atoms with Crippen LogP contribution in [-0.4, -0.2) is 28.5 Å². The molecule has 2 nitrogen and oxygen atoms in total. The molecule has 0 aromatic heterocycles. The van der Waals surface area contributed by atoms with Gasteiger partial charge in [0.1, 0.15) is 0 Å². The van der Waals surface area contributed by atoms with Crippen LogP contribution in [0.4, 0.5) is 0 Å². The fourth-order valence-corrected chi connectivity index (χ4v) is 4.83. The van der Waals surface area contributed by atoms with Gasteiger partial charge in [-0.05, 0) is 45.8 Å². The Morgan fingerprint density at radius 1 is 1.06 bits per heavy atom. The summed E-state index contributed by atoms with van der Waals surface area (Å²) < 4.78 is 6.36. The largest absolute Gasteiger partial charge is 0.390 e. The van der Waals surface area contributed by atoms with Crippen LogP contribution < -0.4 is 0 Å². The zero-order chi connectivity index (χ0) is 13.3. The summed E-state index contributed by atoms with van der Waals surface area (Å²) in [6, 6.07) is 0. The molecule has 3 heteroatoms. The minimum absolute atomic E-state index is 0.0216. The van der Waals surface area contributed by atoms with Crippen LogP contribution in [0.25, 0.3) is 0 Å². The molecule has 1 N–H and O–H groups in total. The van der Waals surface area contributed by atoms with Crippen molar-refractivity contribution in [2.75, 3.05) is 12.2 Å². The average molecular weight is 272 g/mol. The molecule has 0 aromatic rings. The Balaban J connectivity index is 2.34. The van der Waals surface area contributed by atoms with E-state index in [1.165, 1.54) is 25.7 Å². The lowest BCUT2D eigenvalue weighted by molar-refractivity contribution is -0.237. The normalized spacial score (nSPS) is 37.3. The summed E-state index contributed by atoms with van der Waals surface area (Å²) >= 11 is 1.75. The maximum Gasteiger partial charge on any atom is 0.0926 e. The number of fused-ring (bicyclic) bond motifs is 1. The monoisotopic (exact) mass is 272 g/mol. The van der Waals surface area contributed by atoms with Gasteiger partial charge in [-0.3, -0.25) is 0 Å². The van der Waals surface area contributed by atoms with Crippen LogP contribution in [0.5, 0.6) is 0 Å². The number of hydrogen-bond acceptors (Lipinski definition) is 3. The summed E-state index contributed by atoms with van der Waals surface area (Å²) in [6.45, 7) is 4.00. The first-order valence-electron chi connectivity index (χ1n) is 7.33. The molecule has 2 aliphatic carbocycles. The predicted molar refractivity (Wildman–Crippen MR) is 77.9 cm³/mol. The lowest BCUT2D eigenvalue weighted by Gasteiger charge is -2.61. The van der Waals surface area contributed by atoms with Gasteiger partial charge >= 0.3 is 0 Å². The third kappa shape index (κ3) is 2.23. The van der Waals surface area contributed by atoms with Gasteiger partial charge in [0.25, 0.3) is 0 Å². The lowest BCUT2D eigenvalue weighted by atomic mass is 9.50. The summed E-state index contributed by atoms with van der Waals surface area (Å²) in [7, 11) is 0. The third-order valence-corrected chi connectivity index (χ3v) is 5.72. The zero-order valence-electron chi connectivity index (χ0n) is 12.1. The Morgan fingerprint density at radius 2 is 1.56 bits per heavy atom. The minimum Gasteiger partial charge on any atom is -0.390 e. The van der Waals surface area contributed by atoms with Crippen molar-refractivity contribution in [2.45, 2.75) is 76.4 Å². The molecule has 0 saturated heterocycles. The van der Waals surface area contributed by atoms with E-state index in [1.807, 2.05) is 13.8 Å². The van der Waals surface area contributed by atoms with Crippen molar-refractivity contribution in [3.05, 3.63) is 0 Å². The van der Waals surface area contributed by atoms with Crippen molar-refractivity contribution >= 4 is 11.8 Å². The Kier molecular flexibility index (Phi) is 4.35. The van der Waals surface area contributed by atoms with Crippen molar-refractivity contribution in [3.8, 4) is 0 Å². The van der Waals surface area contributed by atoms with E-state index < -0.39 is 5.60 Å². The summed E-state index contributed by atoms with van der Waals surface area (Å²) in [4.78, 5) is 0. The van der Waals surface area contributed by atoms with E-state index in [9.17, 15) is 5.11 Å². The van der Waals surface area contributed by atoms with Gasteiger partial charge in [0.05, 0.1) is 17.1 Å². The number of hydrogen-bond donors (Lipinski definition) is 1. The topological polar surface area (TPSA) is 29.5 Å². The Labute approximate surface area is 116 Å². The van der Waals surface area contributed by atoms with Gasteiger partial charge in [0.15, 0.2) is 0 Å². The van der Waals surface area contributed by atoms with Gasteiger partial charge in [0, 0.05) is 5.41 Å². The van der Waals surface area contributed by atoms with Crippen LogP contribution in [0.15, 0.2) is 0 Å². The summed E-state index contributed by atoms with van der Waals surface area (Å²) in [5, 5.41) is 10.8. The molecule has 0 amide bonds. The molecule has 0 radical (unpaired) electrons. The molecular weight excluding hydrogens is 244 g/mol. The zero-order valence-corrected chi connectivity index (χ0v) is 12.9. The van der Waals surface area contributed by atoms with Crippen LogP contribution >= 0.6 is 11.8 Å². The van der Waals surface area contributed by atoms with Crippen LogP contribution in [0.3, 0.4) is 0 Å². The van der Waals surface area contributed by atoms with E-state index in [1.54, 1.807) is 11.8 Å². The van der Waals surface area contributed by atoms with Gasteiger partial charge < -0.3 is 9.84 Å². The smallest absolute Gasteiger partial charge is 0.0926 e. The molecule has 2 fully saturated rings. The second-order valence-corrected chi connectivity index (χ2v) is 7.41. The Hall–Kier alpha value is 0.270. The van der Waals surface area contributed by atoms with Crippen LogP contribution in [0.1, 0.15) is 65.2 Å². The molecule has 0 aromatic carbocycles. The highest BCUT2D eigenvalue weighted by atomic mass is 32.2. The van der Waals surface area contributed by atoms with Crippen molar-refractivity contribution in [3.63, 3.8) is 0 Å². The Bertz CT molecular complexity index is 271. The highest BCUT2D eigenvalue weighted by Gasteiger charge is 2.61. The molecule has 0 aliphatic heterocycles. The second kappa shape index (κ2) is 5.34. The number of thioether (sulfide) groups is 1. The first-order chi connectivity index (χ1) is 8.47. The molecule has 0 heterocycles. The fourth-order valence-electron chi connectivity index (χ4n) is 4.48. The van der Waals surface area contributed by atoms with Gasteiger partial charge in [-0.15, -0.1) is 11.8 Å². The maximum atomic E-state index is 10.8. The van der Waals surface area contributed by atoms with Gasteiger partial charge in [-0.25, -0.2) is 0 Å². The lowest BCUT2D eigenvalue weighted by Crippen LogP contribution is -2.63. The molecule has 0 unspecified atom stereocenters. The Morgan fingerprint density at radius 3 is 2.00 bits per heavy atom. The molecule has 0 spiro atoms. The SMILES string of the molecule is CSCOC12CCCCC1(C(C)(C)O)CCCC2. The van der Waals surface area contributed by atoms with Gasteiger partial charge in [-0.2, -0.15) is 0 Å².